The standard InChI is InChI=1S/C35H42BrNO8/c1-2-22(17-23-18-25(36)13-15-29(23)39)12-14-30(40)32-24(21-45-26-9-5-3-6-10-26)19-27-33(28(32)20-38)35(44)37(34(27)43)16-8-4-7-11-31(41)42/h3,5-6,9-10,13,15,17-18,27-28,30,33,38-40H,2,4,7-8,11-12,14,16,19-21H2,1H3,(H,41,42)/b22-17+/t27-,28+,30-,33-/m1/s1. The van der Waals surface area contributed by atoms with Gasteiger partial charge in [-0.25, -0.2) is 0 Å². The fourth-order valence-electron chi connectivity index (χ4n) is 6.48. The first-order chi connectivity index (χ1) is 21.6. The van der Waals surface area contributed by atoms with Crippen molar-refractivity contribution >= 4 is 39.8 Å². The summed E-state index contributed by atoms with van der Waals surface area (Å²) < 4.78 is 6.90. The molecule has 0 aromatic heterocycles. The third-order valence-corrected chi connectivity index (χ3v) is 9.30. The van der Waals surface area contributed by atoms with E-state index in [0.717, 1.165) is 10.0 Å². The van der Waals surface area contributed by atoms with E-state index < -0.39 is 36.4 Å². The number of phenolic OH excluding ortho intramolecular Hbond substituents is 1. The Balaban J connectivity index is 1.57. The summed E-state index contributed by atoms with van der Waals surface area (Å²) >= 11 is 3.44. The molecule has 10 heteroatoms. The average molecular weight is 685 g/mol. The number of fused-ring (bicyclic) bond motifs is 1. The number of aliphatic hydroxyl groups is 2. The lowest BCUT2D eigenvalue weighted by molar-refractivity contribution is -0.141. The van der Waals surface area contributed by atoms with Crippen molar-refractivity contribution in [3.05, 3.63) is 75.3 Å². The Morgan fingerprint density at radius 2 is 1.84 bits per heavy atom. The molecule has 2 amide bonds. The van der Waals surface area contributed by atoms with E-state index in [1.807, 2.05) is 49.4 Å². The van der Waals surface area contributed by atoms with E-state index >= 15 is 0 Å². The molecule has 1 aliphatic heterocycles. The van der Waals surface area contributed by atoms with E-state index in [0.29, 0.717) is 61.0 Å². The number of carbonyl (C=O) groups excluding carboxylic acids is 2. The van der Waals surface area contributed by atoms with Crippen LogP contribution in [0.2, 0.25) is 0 Å². The average Bonchev–Trinajstić information content (AvgIpc) is 3.27. The van der Waals surface area contributed by atoms with Gasteiger partial charge in [-0.3, -0.25) is 19.3 Å². The Labute approximate surface area is 272 Å². The zero-order chi connectivity index (χ0) is 32.5. The lowest BCUT2D eigenvalue weighted by Crippen LogP contribution is -2.40. The van der Waals surface area contributed by atoms with Crippen molar-refractivity contribution < 1.29 is 39.5 Å². The Bertz CT molecular complexity index is 1420. The highest BCUT2D eigenvalue weighted by Crippen LogP contribution is 2.46. The number of aliphatic carboxylic acids is 1. The first-order valence-corrected chi connectivity index (χ1v) is 16.4. The molecule has 0 radical (unpaired) electrons. The normalized spacial score (nSPS) is 20.8. The molecule has 45 heavy (non-hydrogen) atoms. The van der Waals surface area contributed by atoms with Gasteiger partial charge in [-0.1, -0.05) is 59.1 Å². The number of aliphatic hydroxyl groups excluding tert-OH is 2. The number of carbonyl (C=O) groups is 3. The number of halogens is 1. The molecular weight excluding hydrogens is 642 g/mol. The van der Waals surface area contributed by atoms with Gasteiger partial charge >= 0.3 is 5.97 Å². The van der Waals surface area contributed by atoms with Crippen LogP contribution in [-0.2, 0) is 14.4 Å². The SMILES string of the molecule is CC/C(=C\c1cc(Br)ccc1O)CC[C@@H](O)C1=C(COc2ccccc2)C[C@H]2C(=O)N(CCCCCC(=O)O)C(=O)[C@H]2[C@H]1CO. The first-order valence-electron chi connectivity index (χ1n) is 15.6. The number of imide groups is 1. The Hall–Kier alpha value is -3.47. The topological polar surface area (TPSA) is 145 Å². The summed E-state index contributed by atoms with van der Waals surface area (Å²) in [6.45, 7) is 1.90. The Kier molecular flexibility index (Phi) is 12.4. The second kappa shape index (κ2) is 16.2. The largest absolute Gasteiger partial charge is 0.507 e. The highest BCUT2D eigenvalue weighted by molar-refractivity contribution is 9.10. The van der Waals surface area contributed by atoms with E-state index in [4.69, 9.17) is 9.84 Å². The molecule has 0 saturated carbocycles. The molecule has 4 rings (SSSR count). The number of carboxylic acid groups (broad SMARTS) is 1. The van der Waals surface area contributed by atoms with Crippen molar-refractivity contribution in [2.24, 2.45) is 17.8 Å². The number of phenols is 1. The highest BCUT2D eigenvalue weighted by Gasteiger charge is 2.54. The maximum atomic E-state index is 13.6. The molecule has 1 saturated heterocycles. The van der Waals surface area contributed by atoms with E-state index in [1.54, 1.807) is 12.1 Å². The minimum atomic E-state index is -0.989. The molecule has 2 aromatic carbocycles. The summed E-state index contributed by atoms with van der Waals surface area (Å²) in [6, 6.07) is 14.4. The summed E-state index contributed by atoms with van der Waals surface area (Å²) in [5.41, 5.74) is 2.95. The van der Waals surface area contributed by atoms with Crippen LogP contribution in [0.5, 0.6) is 11.5 Å². The molecule has 242 valence electrons. The number of carboxylic acids is 1. The van der Waals surface area contributed by atoms with Gasteiger partial charge < -0.3 is 25.2 Å². The van der Waals surface area contributed by atoms with Crippen LogP contribution in [0, 0.1) is 17.8 Å². The number of unbranched alkanes of at least 4 members (excludes halogenated alkanes) is 2. The van der Waals surface area contributed by atoms with Gasteiger partial charge in [0.2, 0.25) is 11.8 Å². The molecule has 9 nitrogen and oxygen atoms in total. The number of aromatic hydroxyl groups is 1. The summed E-state index contributed by atoms with van der Waals surface area (Å²) in [6.07, 6.45) is 4.27. The van der Waals surface area contributed by atoms with Gasteiger partial charge in [0.15, 0.2) is 0 Å². The van der Waals surface area contributed by atoms with E-state index in [-0.39, 0.29) is 43.6 Å². The molecule has 0 spiro atoms. The molecule has 2 aliphatic rings. The third kappa shape index (κ3) is 8.62. The molecule has 0 unspecified atom stereocenters. The second-order valence-electron chi connectivity index (χ2n) is 11.7. The fourth-order valence-corrected chi connectivity index (χ4v) is 6.86. The minimum absolute atomic E-state index is 0.0364. The van der Waals surface area contributed by atoms with Crippen LogP contribution in [0.25, 0.3) is 6.08 Å². The van der Waals surface area contributed by atoms with Crippen LogP contribution < -0.4 is 4.74 Å². The van der Waals surface area contributed by atoms with E-state index in [1.165, 1.54) is 4.90 Å². The number of likely N-dealkylation sites (tertiary alicyclic amines) is 1. The van der Waals surface area contributed by atoms with Crippen LogP contribution in [-0.4, -0.2) is 69.0 Å². The number of allylic oxidation sites excluding steroid dienone is 1. The number of benzene rings is 2. The van der Waals surface area contributed by atoms with Crippen molar-refractivity contribution in [3.8, 4) is 11.5 Å². The number of hydrogen-bond acceptors (Lipinski definition) is 7. The van der Waals surface area contributed by atoms with Gasteiger partial charge in [-0.15, -0.1) is 0 Å². The summed E-state index contributed by atoms with van der Waals surface area (Å²) in [7, 11) is 0. The van der Waals surface area contributed by atoms with Gasteiger partial charge in [0, 0.05) is 28.9 Å². The van der Waals surface area contributed by atoms with Gasteiger partial charge in [0.1, 0.15) is 18.1 Å². The van der Waals surface area contributed by atoms with Gasteiger partial charge in [0.05, 0.1) is 24.5 Å². The lowest BCUT2D eigenvalue weighted by Gasteiger charge is -2.36. The van der Waals surface area contributed by atoms with E-state index in [9.17, 15) is 29.7 Å². The number of nitrogens with zero attached hydrogens (tertiary/aromatic N) is 1. The highest BCUT2D eigenvalue weighted by atomic mass is 79.9. The smallest absolute Gasteiger partial charge is 0.303 e. The molecular formula is C35H42BrNO8. The quantitative estimate of drug-likeness (QED) is 0.0999. The van der Waals surface area contributed by atoms with Crippen molar-refractivity contribution in [3.63, 3.8) is 0 Å². The molecule has 1 heterocycles. The van der Waals surface area contributed by atoms with Crippen LogP contribution >= 0.6 is 15.9 Å². The fraction of sp³-hybridized carbons (Fsp3) is 0.457. The molecule has 2 aromatic rings. The summed E-state index contributed by atoms with van der Waals surface area (Å²) in [5, 5.41) is 41.5. The Morgan fingerprint density at radius 1 is 1.09 bits per heavy atom. The monoisotopic (exact) mass is 683 g/mol. The predicted molar refractivity (Wildman–Crippen MR) is 173 cm³/mol. The third-order valence-electron chi connectivity index (χ3n) is 8.80. The number of amides is 2. The molecule has 4 atom stereocenters. The maximum Gasteiger partial charge on any atom is 0.303 e. The second-order valence-corrected chi connectivity index (χ2v) is 12.6. The molecule has 0 bridgehead atoms. The van der Waals surface area contributed by atoms with Crippen LogP contribution in [0.4, 0.5) is 0 Å². The number of ether oxygens (including phenoxy) is 1. The number of rotatable bonds is 16. The minimum Gasteiger partial charge on any atom is -0.507 e. The van der Waals surface area contributed by atoms with Crippen molar-refractivity contribution in [2.45, 2.75) is 64.4 Å². The van der Waals surface area contributed by atoms with Gasteiger partial charge in [-0.2, -0.15) is 0 Å². The van der Waals surface area contributed by atoms with Gasteiger partial charge in [0.25, 0.3) is 0 Å². The zero-order valence-corrected chi connectivity index (χ0v) is 27.1. The van der Waals surface area contributed by atoms with Crippen molar-refractivity contribution in [1.29, 1.82) is 0 Å². The van der Waals surface area contributed by atoms with Gasteiger partial charge in [-0.05, 0) is 80.0 Å². The molecule has 4 N–H and O–H groups in total. The Morgan fingerprint density at radius 3 is 2.53 bits per heavy atom. The summed E-state index contributed by atoms with van der Waals surface area (Å²) in [5.74, 6) is -2.94. The lowest BCUT2D eigenvalue weighted by atomic mass is 9.68. The van der Waals surface area contributed by atoms with Crippen LogP contribution in [0.3, 0.4) is 0 Å². The maximum absolute atomic E-state index is 13.6. The summed E-state index contributed by atoms with van der Waals surface area (Å²) in [4.78, 5) is 39.3. The predicted octanol–water partition coefficient (Wildman–Crippen LogP) is 5.72. The van der Waals surface area contributed by atoms with Crippen LogP contribution in [0.15, 0.2) is 69.7 Å². The first kappa shape index (κ1) is 34.4. The molecule has 1 aliphatic carbocycles. The molecule has 1 fully saturated rings. The van der Waals surface area contributed by atoms with Crippen molar-refractivity contribution in [1.82, 2.24) is 4.90 Å². The zero-order valence-electron chi connectivity index (χ0n) is 25.5. The number of para-hydroxylation sites is 1. The number of hydrogen-bond donors (Lipinski definition) is 4. The van der Waals surface area contributed by atoms with E-state index in [2.05, 4.69) is 15.9 Å². The van der Waals surface area contributed by atoms with Crippen molar-refractivity contribution in [2.75, 3.05) is 19.8 Å². The van der Waals surface area contributed by atoms with Crippen LogP contribution in [0.1, 0.15) is 63.9 Å².